The predicted octanol–water partition coefficient (Wildman–Crippen LogP) is 4.49. The molecule has 0 saturated carbocycles. The van der Waals surface area contributed by atoms with Gasteiger partial charge in [0.1, 0.15) is 12.1 Å². The lowest BCUT2D eigenvalue weighted by Crippen LogP contribution is -2.62. The lowest BCUT2D eigenvalue weighted by Gasteiger charge is -2.40. The fraction of sp³-hybridized carbons (Fsp3) is 0.775. The topological polar surface area (TPSA) is 174 Å². The molecule has 0 aromatic heterocycles. The third kappa shape index (κ3) is 13.2. The fourth-order valence-electron chi connectivity index (χ4n) is 6.66. The number of nitrogens with zero attached hydrogens (tertiary/aromatic N) is 2. The average molecular weight is 745 g/mol. The molecule has 13 heteroatoms. The summed E-state index contributed by atoms with van der Waals surface area (Å²) in [7, 11) is 0. The van der Waals surface area contributed by atoms with E-state index in [-0.39, 0.29) is 56.0 Å². The molecule has 0 aromatic carbocycles. The Morgan fingerprint density at radius 1 is 0.887 bits per heavy atom. The molecule has 2 saturated heterocycles. The molecule has 4 N–H and O–H groups in total. The molecule has 7 amide bonds. The van der Waals surface area contributed by atoms with Gasteiger partial charge in [0, 0.05) is 38.4 Å². The van der Waals surface area contributed by atoms with Gasteiger partial charge in [-0.1, -0.05) is 108 Å². The molecule has 2 aliphatic heterocycles. The largest absolute Gasteiger partial charge is 0.349 e. The Morgan fingerprint density at radius 2 is 1.49 bits per heavy atom. The number of hydrogen-bond donors (Lipinski definition) is 4. The first-order valence-electron chi connectivity index (χ1n) is 19.4. The molecular weight excluding hydrogens is 676 g/mol. The number of hydrogen-bond acceptors (Lipinski definition) is 7. The van der Waals surface area contributed by atoms with Gasteiger partial charge in [-0.2, -0.15) is 0 Å². The third-order valence-electron chi connectivity index (χ3n) is 9.94. The van der Waals surface area contributed by atoms with Crippen LogP contribution in [0.25, 0.3) is 0 Å². The molecule has 0 aliphatic carbocycles. The Balaban J connectivity index is 2.40. The summed E-state index contributed by atoms with van der Waals surface area (Å²) in [5.74, 6) is -3.20. The highest BCUT2D eigenvalue weighted by Crippen LogP contribution is 2.33. The Bertz CT molecular complexity index is 1360. The first-order valence-corrected chi connectivity index (χ1v) is 19.4. The number of unbranched alkanes of at least 4 members (excludes halogenated alkanes) is 1. The smallest absolute Gasteiger partial charge is 0.315 e. The number of Topliss-reactive ketones (excluding diaryl/α,β-unsaturated/α-hetero) is 1. The van der Waals surface area contributed by atoms with E-state index in [9.17, 15) is 33.6 Å². The highest BCUT2D eigenvalue weighted by molar-refractivity contribution is 6.38. The standard InChI is InChI=1S/C40H68N6O7/c1-13-15-16-27(32(49)35(51)41-20-14-2)42-34(50)31-26(18-17-25(3)4)19-21-45(31)36(52)33(39(8,9)10)44-37(53)43-28(38(5,6)7)24-46-29(47)22-40(11,12)23-30(46)48/h17-18,25-28,31,33H,13-16,19-24H2,1-12H3,(H,41,51)(H,42,50)(H2,43,44,53)/b18-17+/t26?,27?,28-,31+,33-/m1/s1. The number of allylic oxidation sites excluding steroid dienone is 1. The number of carbonyl (C=O) groups excluding carboxylic acids is 7. The minimum absolute atomic E-state index is 0.00851. The van der Waals surface area contributed by atoms with Crippen LogP contribution in [0.4, 0.5) is 4.79 Å². The van der Waals surface area contributed by atoms with E-state index >= 15 is 0 Å². The molecular formula is C40H68N6O7. The normalized spacial score (nSPS) is 21.0. The minimum atomic E-state index is -1.07. The van der Waals surface area contributed by atoms with E-state index in [0.717, 1.165) is 6.42 Å². The zero-order valence-electron chi connectivity index (χ0n) is 34.4. The van der Waals surface area contributed by atoms with Gasteiger partial charge in [0.05, 0.1) is 12.1 Å². The van der Waals surface area contributed by atoms with Crippen molar-refractivity contribution in [2.45, 2.75) is 152 Å². The minimum Gasteiger partial charge on any atom is -0.349 e. The summed E-state index contributed by atoms with van der Waals surface area (Å²) in [5.41, 5.74) is -1.78. The third-order valence-corrected chi connectivity index (χ3v) is 9.94. The van der Waals surface area contributed by atoms with Crippen LogP contribution in [0.5, 0.6) is 0 Å². The number of nitrogens with one attached hydrogen (secondary N) is 4. The van der Waals surface area contributed by atoms with Gasteiger partial charge in [0.15, 0.2) is 0 Å². The van der Waals surface area contributed by atoms with E-state index in [0.29, 0.717) is 25.8 Å². The average Bonchev–Trinajstić information content (AvgIpc) is 3.46. The second-order valence-electron chi connectivity index (χ2n) is 18.1. The monoisotopic (exact) mass is 745 g/mol. The summed E-state index contributed by atoms with van der Waals surface area (Å²) in [6.45, 7) is 23.3. The van der Waals surface area contributed by atoms with Crippen molar-refractivity contribution in [3.63, 3.8) is 0 Å². The maximum Gasteiger partial charge on any atom is 0.315 e. The summed E-state index contributed by atoms with van der Waals surface area (Å²) in [6, 6.07) is -4.37. The summed E-state index contributed by atoms with van der Waals surface area (Å²) in [4.78, 5) is 97.0. The first kappa shape index (κ1) is 45.4. The summed E-state index contributed by atoms with van der Waals surface area (Å²) in [5, 5.41) is 11.2. The van der Waals surface area contributed by atoms with Gasteiger partial charge >= 0.3 is 6.03 Å². The predicted molar refractivity (Wildman–Crippen MR) is 205 cm³/mol. The van der Waals surface area contributed by atoms with Crippen LogP contribution >= 0.6 is 0 Å². The van der Waals surface area contributed by atoms with Crippen LogP contribution in [-0.4, -0.2) is 95.0 Å². The number of amides is 7. The van der Waals surface area contributed by atoms with Crippen LogP contribution in [-0.2, 0) is 28.8 Å². The zero-order chi connectivity index (χ0) is 40.5. The number of urea groups is 1. The molecule has 2 unspecified atom stereocenters. The Morgan fingerprint density at radius 3 is 2.00 bits per heavy atom. The van der Waals surface area contributed by atoms with E-state index in [2.05, 4.69) is 21.3 Å². The summed E-state index contributed by atoms with van der Waals surface area (Å²) >= 11 is 0. The highest BCUT2D eigenvalue weighted by Gasteiger charge is 2.47. The molecule has 53 heavy (non-hydrogen) atoms. The van der Waals surface area contributed by atoms with E-state index in [1.165, 1.54) is 9.80 Å². The van der Waals surface area contributed by atoms with Gasteiger partial charge in [-0.15, -0.1) is 0 Å². The van der Waals surface area contributed by atoms with Gasteiger partial charge in [-0.25, -0.2) is 4.79 Å². The molecule has 300 valence electrons. The van der Waals surface area contributed by atoms with E-state index in [1.807, 2.05) is 95.2 Å². The molecule has 2 heterocycles. The highest BCUT2D eigenvalue weighted by atomic mass is 16.2. The van der Waals surface area contributed by atoms with Crippen molar-refractivity contribution in [2.75, 3.05) is 19.6 Å². The Kier molecular flexibility index (Phi) is 16.3. The van der Waals surface area contributed by atoms with Gasteiger partial charge in [0.25, 0.3) is 5.91 Å². The van der Waals surface area contributed by atoms with Gasteiger partial charge < -0.3 is 26.2 Å². The Hall–Kier alpha value is -3.77. The number of imide groups is 1. The van der Waals surface area contributed by atoms with Crippen molar-refractivity contribution in [3.05, 3.63) is 12.2 Å². The van der Waals surface area contributed by atoms with Crippen LogP contribution < -0.4 is 21.3 Å². The number of piperidine rings is 1. The SMILES string of the molecule is CCCCC(NC(=O)[C@@H]1C(/C=C/C(C)C)CCN1C(=O)[C@@H](NC(=O)N[C@H](CN1C(=O)CC(C)(C)CC1=O)C(C)(C)C)C(C)(C)C)C(=O)C(=O)NCCC. The molecule has 2 rings (SSSR count). The Labute approximate surface area is 317 Å². The van der Waals surface area contributed by atoms with Crippen LogP contribution in [0, 0.1) is 28.1 Å². The summed E-state index contributed by atoms with van der Waals surface area (Å²) < 4.78 is 0. The van der Waals surface area contributed by atoms with Crippen LogP contribution in [0.15, 0.2) is 12.2 Å². The van der Waals surface area contributed by atoms with Gasteiger partial charge in [-0.05, 0) is 41.4 Å². The van der Waals surface area contributed by atoms with Gasteiger partial charge in [-0.3, -0.25) is 33.7 Å². The van der Waals surface area contributed by atoms with Crippen molar-refractivity contribution in [3.8, 4) is 0 Å². The lowest BCUT2D eigenvalue weighted by molar-refractivity contribution is -0.153. The molecule has 2 fully saturated rings. The lowest BCUT2D eigenvalue weighted by atomic mass is 9.80. The van der Waals surface area contributed by atoms with E-state index in [1.54, 1.807) is 0 Å². The molecule has 0 aromatic rings. The second kappa shape index (κ2) is 19.0. The van der Waals surface area contributed by atoms with Crippen LogP contribution in [0.2, 0.25) is 0 Å². The molecule has 2 aliphatic rings. The quantitative estimate of drug-likeness (QED) is 0.102. The number of rotatable bonds is 16. The maximum atomic E-state index is 14.5. The van der Waals surface area contributed by atoms with E-state index < -0.39 is 69.9 Å². The maximum absolute atomic E-state index is 14.5. The van der Waals surface area contributed by atoms with Crippen LogP contribution in [0.1, 0.15) is 128 Å². The van der Waals surface area contributed by atoms with Crippen molar-refractivity contribution >= 4 is 41.4 Å². The molecule has 0 spiro atoms. The first-order chi connectivity index (χ1) is 24.4. The number of carbonyl (C=O) groups is 7. The van der Waals surface area contributed by atoms with Gasteiger partial charge in [0.2, 0.25) is 29.4 Å². The van der Waals surface area contributed by atoms with Crippen molar-refractivity contribution in [1.82, 2.24) is 31.1 Å². The number of likely N-dealkylation sites (tertiary alicyclic amines) is 2. The van der Waals surface area contributed by atoms with Crippen molar-refractivity contribution in [2.24, 2.45) is 28.1 Å². The zero-order valence-corrected chi connectivity index (χ0v) is 34.4. The van der Waals surface area contributed by atoms with Crippen molar-refractivity contribution in [1.29, 1.82) is 0 Å². The molecule has 0 radical (unpaired) electrons. The fourth-order valence-corrected chi connectivity index (χ4v) is 6.66. The van der Waals surface area contributed by atoms with Crippen LogP contribution in [0.3, 0.4) is 0 Å². The summed E-state index contributed by atoms with van der Waals surface area (Å²) in [6.07, 6.45) is 7.15. The molecule has 5 atom stereocenters. The number of ketones is 1. The van der Waals surface area contributed by atoms with E-state index in [4.69, 9.17) is 0 Å². The second-order valence-corrected chi connectivity index (χ2v) is 18.1. The molecule has 13 nitrogen and oxygen atoms in total. The molecule has 0 bridgehead atoms. The van der Waals surface area contributed by atoms with Crippen molar-refractivity contribution < 1.29 is 33.6 Å².